The maximum absolute atomic E-state index is 11.4. The van der Waals surface area contributed by atoms with Crippen LogP contribution in [0.1, 0.15) is 12.8 Å². The van der Waals surface area contributed by atoms with Crippen LogP contribution in [0.5, 0.6) is 0 Å². The van der Waals surface area contributed by atoms with Crippen molar-refractivity contribution in [2.45, 2.75) is 18.9 Å². The molecule has 2 rings (SSSR count). The quantitative estimate of drug-likeness (QED) is 0.474. The summed E-state index contributed by atoms with van der Waals surface area (Å²) in [5, 5.41) is 13.5. The topological polar surface area (TPSA) is 46.0 Å². The highest BCUT2D eigenvalue weighted by Gasteiger charge is 2.31. The molecule has 0 aliphatic carbocycles. The van der Waals surface area contributed by atoms with Crippen LogP contribution in [0.4, 0.5) is 0 Å². The van der Waals surface area contributed by atoms with Gasteiger partial charge in [-0.15, -0.1) is 10.4 Å². The molecule has 2 aliphatic rings. The Hall–Kier alpha value is -0.200. The number of hydrogen-bond donors (Lipinski definition) is 2. The number of likely N-dealkylation sites (N-methyl/N-ethyl adjacent to an activating group) is 1. The molecule has 0 aromatic rings. The molecule has 0 aromatic heterocycles. The second-order valence-electron chi connectivity index (χ2n) is 3.98. The summed E-state index contributed by atoms with van der Waals surface area (Å²) in [4.78, 5) is 2.31. The van der Waals surface area contributed by atoms with Gasteiger partial charge in [-0.1, -0.05) is 0 Å². The monoisotopic (exact) mass is 186 g/mol. The Morgan fingerprint density at radius 2 is 2.31 bits per heavy atom. The molecule has 2 fully saturated rings. The van der Waals surface area contributed by atoms with Crippen LogP contribution in [-0.4, -0.2) is 49.2 Å². The summed E-state index contributed by atoms with van der Waals surface area (Å²) < 4.78 is 0. The molecule has 1 unspecified atom stereocenters. The third kappa shape index (κ3) is 2.00. The van der Waals surface area contributed by atoms with Gasteiger partial charge in [-0.25, -0.2) is 5.28 Å². The van der Waals surface area contributed by atoms with Gasteiger partial charge in [0.2, 0.25) is 0 Å². The zero-order valence-electron chi connectivity index (χ0n) is 8.12. The third-order valence-corrected chi connectivity index (χ3v) is 2.93. The van der Waals surface area contributed by atoms with E-state index in [1.807, 2.05) is 5.01 Å². The molecule has 0 aromatic carbocycles. The summed E-state index contributed by atoms with van der Waals surface area (Å²) >= 11 is 0. The SMILES string of the molecule is CN1CCC[C@@H](N2CCN[NH+]2[O-])C1. The van der Waals surface area contributed by atoms with E-state index in [2.05, 4.69) is 17.4 Å². The van der Waals surface area contributed by atoms with Crippen LogP contribution in [0.2, 0.25) is 0 Å². The van der Waals surface area contributed by atoms with Gasteiger partial charge < -0.3 is 10.1 Å². The lowest BCUT2D eigenvalue weighted by atomic mass is 10.1. The van der Waals surface area contributed by atoms with Crippen molar-refractivity contribution in [2.24, 2.45) is 0 Å². The van der Waals surface area contributed by atoms with Crippen LogP contribution in [0, 0.1) is 5.21 Å². The Bertz CT molecular complexity index is 178. The van der Waals surface area contributed by atoms with Gasteiger partial charge in [0, 0.05) is 6.54 Å². The van der Waals surface area contributed by atoms with Crippen molar-refractivity contribution in [3.8, 4) is 0 Å². The summed E-state index contributed by atoms with van der Waals surface area (Å²) in [7, 11) is 2.13. The predicted molar refractivity (Wildman–Crippen MR) is 49.6 cm³/mol. The smallest absolute Gasteiger partial charge is 0.0737 e. The molecular weight excluding hydrogens is 168 g/mol. The van der Waals surface area contributed by atoms with Gasteiger partial charge in [-0.3, -0.25) is 0 Å². The number of hydrogen-bond acceptors (Lipinski definition) is 4. The van der Waals surface area contributed by atoms with Crippen LogP contribution >= 0.6 is 0 Å². The standard InChI is InChI=1S/C8H18N4O/c1-10-5-2-3-8(7-10)11-6-4-9-12(11)13/h8-9,12H,2-7H2,1H3/t8-/m1/s1. The molecule has 5 heteroatoms. The number of quaternary nitrogens is 1. The molecule has 0 radical (unpaired) electrons. The van der Waals surface area contributed by atoms with E-state index in [1.54, 1.807) is 0 Å². The van der Waals surface area contributed by atoms with E-state index in [1.165, 1.54) is 13.0 Å². The maximum Gasteiger partial charge on any atom is 0.0737 e. The molecule has 2 heterocycles. The van der Waals surface area contributed by atoms with Gasteiger partial charge in [-0.05, 0) is 26.4 Å². The molecule has 13 heavy (non-hydrogen) atoms. The number of rotatable bonds is 1. The summed E-state index contributed by atoms with van der Waals surface area (Å²) in [5.74, 6) is 0. The Balaban J connectivity index is 1.91. The average molecular weight is 186 g/mol. The van der Waals surface area contributed by atoms with E-state index in [4.69, 9.17) is 0 Å². The molecule has 2 atom stereocenters. The van der Waals surface area contributed by atoms with Crippen LogP contribution in [0.25, 0.3) is 0 Å². The minimum atomic E-state index is 0.125. The van der Waals surface area contributed by atoms with Gasteiger partial charge in [0.1, 0.15) is 0 Å². The lowest BCUT2D eigenvalue weighted by molar-refractivity contribution is -1.000. The normalized spacial score (nSPS) is 38.3. The first-order valence-electron chi connectivity index (χ1n) is 5.00. The first-order chi connectivity index (χ1) is 6.27. The fourth-order valence-electron chi connectivity index (χ4n) is 2.23. The summed E-state index contributed by atoms with van der Waals surface area (Å²) in [6.07, 6.45) is 2.38. The van der Waals surface area contributed by atoms with Crippen molar-refractivity contribution in [1.29, 1.82) is 0 Å². The highest BCUT2D eigenvalue weighted by atomic mass is 16.6. The van der Waals surface area contributed by atoms with Crippen molar-refractivity contribution in [3.63, 3.8) is 0 Å². The van der Waals surface area contributed by atoms with Gasteiger partial charge in [-0.2, -0.15) is 0 Å². The minimum absolute atomic E-state index is 0.125. The van der Waals surface area contributed by atoms with Gasteiger partial charge in [0.15, 0.2) is 0 Å². The molecule has 76 valence electrons. The highest BCUT2D eigenvalue weighted by molar-refractivity contribution is 4.76. The molecule has 2 aliphatic heterocycles. The predicted octanol–water partition coefficient (Wildman–Crippen LogP) is -1.80. The largest absolute Gasteiger partial charge is 0.593 e. The van der Waals surface area contributed by atoms with Gasteiger partial charge >= 0.3 is 0 Å². The Morgan fingerprint density at radius 1 is 1.46 bits per heavy atom. The molecule has 0 bridgehead atoms. The Kier molecular flexibility index (Phi) is 2.80. The molecule has 2 saturated heterocycles. The third-order valence-electron chi connectivity index (χ3n) is 2.93. The van der Waals surface area contributed by atoms with Gasteiger partial charge in [0.25, 0.3) is 0 Å². The molecule has 5 nitrogen and oxygen atoms in total. The van der Waals surface area contributed by atoms with Crippen molar-refractivity contribution in [2.75, 3.05) is 33.2 Å². The summed E-state index contributed by atoms with van der Waals surface area (Å²) in [6.45, 7) is 3.91. The summed E-state index contributed by atoms with van der Waals surface area (Å²) in [6, 6.07) is 0.446. The number of piperidine rings is 1. The average Bonchev–Trinajstić information content (AvgIpc) is 2.51. The second kappa shape index (κ2) is 3.89. The van der Waals surface area contributed by atoms with Crippen LogP contribution in [0.3, 0.4) is 0 Å². The molecule has 2 N–H and O–H groups in total. The zero-order valence-corrected chi connectivity index (χ0v) is 8.12. The fraction of sp³-hybridized carbons (Fsp3) is 1.00. The number of nitrogens with one attached hydrogen (secondary N) is 2. The fourth-order valence-corrected chi connectivity index (χ4v) is 2.23. The minimum Gasteiger partial charge on any atom is -0.593 e. The molecular formula is C8H18N4O. The Labute approximate surface area is 78.8 Å². The zero-order chi connectivity index (χ0) is 9.26. The first kappa shape index (κ1) is 9.36. The maximum atomic E-state index is 11.4. The van der Waals surface area contributed by atoms with E-state index in [-0.39, 0.29) is 5.28 Å². The van der Waals surface area contributed by atoms with E-state index < -0.39 is 0 Å². The van der Waals surface area contributed by atoms with E-state index in [9.17, 15) is 5.21 Å². The van der Waals surface area contributed by atoms with Gasteiger partial charge in [0.05, 0.1) is 19.1 Å². The van der Waals surface area contributed by atoms with E-state index in [0.29, 0.717) is 6.04 Å². The van der Waals surface area contributed by atoms with E-state index >= 15 is 0 Å². The van der Waals surface area contributed by atoms with Crippen LogP contribution < -0.4 is 10.7 Å². The van der Waals surface area contributed by atoms with E-state index in [0.717, 1.165) is 26.1 Å². The van der Waals surface area contributed by atoms with Crippen LogP contribution in [-0.2, 0) is 0 Å². The van der Waals surface area contributed by atoms with Crippen molar-refractivity contribution in [1.82, 2.24) is 15.3 Å². The second-order valence-corrected chi connectivity index (χ2v) is 3.98. The van der Waals surface area contributed by atoms with Crippen molar-refractivity contribution >= 4 is 0 Å². The highest BCUT2D eigenvalue weighted by Crippen LogP contribution is 2.11. The molecule has 0 amide bonds. The van der Waals surface area contributed by atoms with Crippen LogP contribution in [0.15, 0.2) is 0 Å². The summed E-state index contributed by atoms with van der Waals surface area (Å²) in [5.41, 5.74) is 2.85. The number of nitrogens with zero attached hydrogens (tertiary/aromatic N) is 2. The number of likely N-dealkylation sites (tertiary alicyclic amines) is 1. The molecule has 0 spiro atoms. The van der Waals surface area contributed by atoms with Crippen molar-refractivity contribution in [3.05, 3.63) is 5.21 Å². The lowest BCUT2D eigenvalue weighted by Crippen LogP contribution is -3.18. The first-order valence-corrected chi connectivity index (χ1v) is 5.00. The lowest BCUT2D eigenvalue weighted by Gasteiger charge is -2.37. The van der Waals surface area contributed by atoms with Crippen molar-refractivity contribution < 1.29 is 5.28 Å². The Morgan fingerprint density at radius 3 is 2.92 bits per heavy atom. The molecule has 0 saturated carbocycles.